The first-order valence-corrected chi connectivity index (χ1v) is 9.60. The quantitative estimate of drug-likeness (QED) is 0.530. The maximum atomic E-state index is 12.8. The molecule has 2 aromatic heterocycles. The van der Waals surface area contributed by atoms with Crippen molar-refractivity contribution < 1.29 is 17.9 Å². The molecule has 0 bridgehead atoms. The SMILES string of the molecule is CCSc1nc(-c2cccnc2)cc(=O)n1C1=CCC(OCC(F)(F)F)C=C1. The van der Waals surface area contributed by atoms with E-state index in [0.717, 1.165) is 5.56 Å². The zero-order valence-corrected chi connectivity index (χ0v) is 15.8. The van der Waals surface area contributed by atoms with Crippen LogP contribution >= 0.6 is 11.8 Å². The van der Waals surface area contributed by atoms with Crippen LogP contribution in [0.1, 0.15) is 13.3 Å². The molecular weight excluding hydrogens is 391 g/mol. The van der Waals surface area contributed by atoms with Crippen LogP contribution in [-0.2, 0) is 4.74 Å². The van der Waals surface area contributed by atoms with Gasteiger partial charge in [-0.15, -0.1) is 0 Å². The molecule has 0 saturated carbocycles. The normalized spacial score (nSPS) is 16.9. The summed E-state index contributed by atoms with van der Waals surface area (Å²) in [5.74, 6) is 0.706. The summed E-state index contributed by atoms with van der Waals surface area (Å²) in [5.41, 5.74) is 1.56. The second-order valence-corrected chi connectivity index (χ2v) is 7.19. The van der Waals surface area contributed by atoms with E-state index in [2.05, 4.69) is 9.97 Å². The van der Waals surface area contributed by atoms with E-state index >= 15 is 0 Å². The van der Waals surface area contributed by atoms with Crippen molar-refractivity contribution in [3.8, 4) is 11.3 Å². The molecule has 0 amide bonds. The third-order valence-corrected chi connectivity index (χ3v) is 4.70. The Hall–Kier alpha value is -2.39. The van der Waals surface area contributed by atoms with Gasteiger partial charge in [0.25, 0.3) is 5.56 Å². The largest absolute Gasteiger partial charge is 0.411 e. The third kappa shape index (κ3) is 5.11. The lowest BCUT2D eigenvalue weighted by atomic mass is 10.1. The predicted octanol–water partition coefficient (Wildman–Crippen LogP) is 4.17. The van der Waals surface area contributed by atoms with Gasteiger partial charge in [-0.2, -0.15) is 13.2 Å². The lowest BCUT2D eigenvalue weighted by molar-refractivity contribution is -0.180. The minimum absolute atomic E-state index is 0.245. The Bertz CT molecular complexity index is 940. The van der Waals surface area contributed by atoms with E-state index in [4.69, 9.17) is 4.74 Å². The molecule has 5 nitrogen and oxygen atoms in total. The molecule has 0 saturated heterocycles. The fraction of sp³-hybridized carbons (Fsp3) is 0.316. The summed E-state index contributed by atoms with van der Waals surface area (Å²) in [6, 6.07) is 5.02. The molecule has 0 fully saturated rings. The molecule has 0 radical (unpaired) electrons. The van der Waals surface area contributed by atoms with Crippen LogP contribution in [0.25, 0.3) is 17.0 Å². The smallest absolute Gasteiger partial charge is 0.364 e. The van der Waals surface area contributed by atoms with Crippen molar-refractivity contribution in [2.24, 2.45) is 0 Å². The van der Waals surface area contributed by atoms with E-state index in [0.29, 0.717) is 22.3 Å². The van der Waals surface area contributed by atoms with Crippen molar-refractivity contribution in [2.75, 3.05) is 12.4 Å². The van der Waals surface area contributed by atoms with Crippen molar-refractivity contribution in [2.45, 2.75) is 30.8 Å². The summed E-state index contributed by atoms with van der Waals surface area (Å²) < 4.78 is 43.2. The number of rotatable bonds is 6. The van der Waals surface area contributed by atoms with Gasteiger partial charge in [0.1, 0.15) is 6.61 Å². The number of ether oxygens (including phenoxy) is 1. The number of halogens is 3. The lowest BCUT2D eigenvalue weighted by Crippen LogP contribution is -2.25. The Labute approximate surface area is 164 Å². The number of hydrogen-bond donors (Lipinski definition) is 0. The van der Waals surface area contributed by atoms with Crippen LogP contribution in [0.2, 0.25) is 0 Å². The van der Waals surface area contributed by atoms with E-state index in [1.54, 1.807) is 30.6 Å². The summed E-state index contributed by atoms with van der Waals surface area (Å²) >= 11 is 1.41. The van der Waals surface area contributed by atoms with E-state index in [9.17, 15) is 18.0 Å². The molecule has 0 spiro atoms. The molecule has 1 aliphatic rings. The third-order valence-electron chi connectivity index (χ3n) is 3.88. The summed E-state index contributed by atoms with van der Waals surface area (Å²) in [7, 11) is 0. The topological polar surface area (TPSA) is 57.0 Å². The first-order chi connectivity index (χ1) is 13.4. The van der Waals surface area contributed by atoms with Gasteiger partial charge >= 0.3 is 6.18 Å². The number of alkyl halides is 3. The maximum absolute atomic E-state index is 12.8. The minimum Gasteiger partial charge on any atom is -0.364 e. The van der Waals surface area contributed by atoms with E-state index in [1.165, 1.54) is 28.5 Å². The first kappa shape index (κ1) is 20.3. The highest BCUT2D eigenvalue weighted by atomic mass is 32.2. The molecule has 148 valence electrons. The second kappa shape index (κ2) is 8.74. The van der Waals surface area contributed by atoms with Crippen LogP contribution in [0.15, 0.2) is 58.8 Å². The fourth-order valence-corrected chi connectivity index (χ4v) is 3.41. The standard InChI is InChI=1S/C19H18F3N3O2S/c1-2-28-18-24-16(13-4-3-9-23-11-13)10-17(26)25(18)14-5-7-15(8-6-14)27-12-19(20,21)22/h3-7,9-11,15H,2,8,12H2,1H3. The number of hydrogen-bond acceptors (Lipinski definition) is 5. The van der Waals surface area contributed by atoms with E-state index < -0.39 is 18.9 Å². The molecule has 0 aromatic carbocycles. The molecular formula is C19H18F3N3O2S. The van der Waals surface area contributed by atoms with Crippen LogP contribution < -0.4 is 5.56 Å². The van der Waals surface area contributed by atoms with Gasteiger partial charge in [0, 0.05) is 29.7 Å². The second-order valence-electron chi connectivity index (χ2n) is 5.96. The van der Waals surface area contributed by atoms with Gasteiger partial charge in [-0.1, -0.05) is 30.8 Å². The lowest BCUT2D eigenvalue weighted by Gasteiger charge is -2.20. The first-order valence-electron chi connectivity index (χ1n) is 8.62. The molecule has 1 unspecified atom stereocenters. The number of thioether (sulfide) groups is 1. The van der Waals surface area contributed by atoms with Gasteiger partial charge in [-0.05, 0) is 30.4 Å². The number of allylic oxidation sites excluding steroid dienone is 2. The molecule has 0 N–H and O–H groups in total. The zero-order chi connectivity index (χ0) is 20.1. The molecule has 1 atom stereocenters. The molecule has 9 heteroatoms. The molecule has 1 aliphatic carbocycles. The van der Waals surface area contributed by atoms with Crippen LogP contribution in [-0.4, -0.2) is 39.2 Å². The summed E-state index contributed by atoms with van der Waals surface area (Å²) in [6.07, 6.45) is 3.29. The van der Waals surface area contributed by atoms with Gasteiger partial charge < -0.3 is 4.74 Å². The molecule has 2 heterocycles. The highest BCUT2D eigenvalue weighted by molar-refractivity contribution is 7.99. The average Bonchev–Trinajstić information content (AvgIpc) is 2.67. The fourth-order valence-electron chi connectivity index (χ4n) is 2.67. The van der Waals surface area contributed by atoms with Crippen molar-refractivity contribution in [3.05, 3.63) is 59.2 Å². The van der Waals surface area contributed by atoms with Gasteiger partial charge in [0.05, 0.1) is 11.8 Å². The zero-order valence-electron chi connectivity index (χ0n) is 15.0. The monoisotopic (exact) mass is 409 g/mol. The van der Waals surface area contributed by atoms with E-state index in [-0.39, 0.29) is 12.0 Å². The Morgan fingerprint density at radius 1 is 1.39 bits per heavy atom. The highest BCUT2D eigenvalue weighted by Gasteiger charge is 2.29. The Morgan fingerprint density at radius 2 is 2.21 bits per heavy atom. The van der Waals surface area contributed by atoms with Crippen LogP contribution in [0.4, 0.5) is 13.2 Å². The van der Waals surface area contributed by atoms with Gasteiger partial charge in [-0.25, -0.2) is 4.98 Å². The summed E-state index contributed by atoms with van der Waals surface area (Å²) in [5, 5.41) is 0.513. The predicted molar refractivity (Wildman–Crippen MR) is 102 cm³/mol. The van der Waals surface area contributed by atoms with Crippen LogP contribution in [0, 0.1) is 0 Å². The van der Waals surface area contributed by atoms with Crippen molar-refractivity contribution in [3.63, 3.8) is 0 Å². The molecule has 3 rings (SSSR count). The average molecular weight is 409 g/mol. The summed E-state index contributed by atoms with van der Waals surface area (Å²) in [6.45, 7) is 0.646. The molecule has 0 aliphatic heterocycles. The number of nitrogens with zero attached hydrogens (tertiary/aromatic N) is 3. The van der Waals surface area contributed by atoms with Crippen molar-refractivity contribution in [1.29, 1.82) is 0 Å². The minimum atomic E-state index is -4.37. The number of aromatic nitrogens is 3. The van der Waals surface area contributed by atoms with Crippen LogP contribution in [0.3, 0.4) is 0 Å². The maximum Gasteiger partial charge on any atom is 0.411 e. The van der Waals surface area contributed by atoms with E-state index in [1.807, 2.05) is 13.0 Å². The van der Waals surface area contributed by atoms with Crippen LogP contribution in [0.5, 0.6) is 0 Å². The van der Waals surface area contributed by atoms with Crippen molar-refractivity contribution >= 4 is 17.5 Å². The van der Waals surface area contributed by atoms with Gasteiger partial charge in [-0.3, -0.25) is 14.3 Å². The Morgan fingerprint density at radius 3 is 2.82 bits per heavy atom. The van der Waals surface area contributed by atoms with Crippen molar-refractivity contribution in [1.82, 2.24) is 14.5 Å². The summed E-state index contributed by atoms with van der Waals surface area (Å²) in [4.78, 5) is 21.4. The molecule has 2 aromatic rings. The highest BCUT2D eigenvalue weighted by Crippen LogP contribution is 2.25. The Balaban J connectivity index is 1.87. The molecule has 28 heavy (non-hydrogen) atoms. The Kier molecular flexibility index (Phi) is 6.35. The van der Waals surface area contributed by atoms with Gasteiger partial charge in [0.2, 0.25) is 0 Å². The number of pyridine rings is 1. The van der Waals surface area contributed by atoms with Gasteiger partial charge in [0.15, 0.2) is 5.16 Å².